The second kappa shape index (κ2) is 9.67. The van der Waals surface area contributed by atoms with Gasteiger partial charge in [0.05, 0.1) is 5.69 Å². The number of carbonyl (C=O) groups is 1. The maximum Gasteiger partial charge on any atom is 0.220 e. The predicted molar refractivity (Wildman–Crippen MR) is 122 cm³/mol. The Hall–Kier alpha value is -2.96. The van der Waals surface area contributed by atoms with Gasteiger partial charge in [0.2, 0.25) is 5.91 Å². The summed E-state index contributed by atoms with van der Waals surface area (Å²) in [6, 6.07) is 10.7. The van der Waals surface area contributed by atoms with Gasteiger partial charge in [0.25, 0.3) is 0 Å². The largest absolute Gasteiger partial charge is 0.353 e. The Bertz CT molecular complexity index is 1050. The van der Waals surface area contributed by atoms with Crippen LogP contribution in [0.15, 0.2) is 30.3 Å². The highest BCUT2D eigenvalue weighted by molar-refractivity contribution is 5.76. The Morgan fingerprint density at radius 2 is 1.91 bits per heavy atom. The summed E-state index contributed by atoms with van der Waals surface area (Å²) in [4.78, 5) is 12.6. The van der Waals surface area contributed by atoms with E-state index in [1.807, 2.05) is 6.07 Å². The van der Waals surface area contributed by atoms with Crippen LogP contribution in [0, 0.1) is 0 Å². The van der Waals surface area contributed by atoms with Crippen LogP contribution in [0.2, 0.25) is 0 Å². The lowest BCUT2D eigenvalue weighted by Crippen LogP contribution is -2.35. The van der Waals surface area contributed by atoms with Crippen molar-refractivity contribution in [2.24, 2.45) is 0 Å². The Morgan fingerprint density at radius 3 is 2.81 bits per heavy atom. The van der Waals surface area contributed by atoms with Crippen molar-refractivity contribution in [2.45, 2.75) is 83.2 Å². The zero-order chi connectivity index (χ0) is 21.8. The molecule has 5 rings (SSSR count). The molecule has 2 N–H and O–H groups in total. The SMILES string of the molecule is O=C(CCc1n[nH]c2c1CCCC2)NC1CCc2nnc(CCc3ccccc3)n2CC1. The van der Waals surface area contributed by atoms with E-state index in [1.54, 1.807) is 0 Å². The predicted octanol–water partition coefficient (Wildman–Crippen LogP) is 3.12. The minimum Gasteiger partial charge on any atom is -0.353 e. The number of nitrogens with zero attached hydrogens (tertiary/aromatic N) is 4. The Balaban J connectivity index is 1.12. The lowest BCUT2D eigenvalue weighted by Gasteiger charge is -2.16. The van der Waals surface area contributed by atoms with E-state index in [1.165, 1.54) is 29.7 Å². The highest BCUT2D eigenvalue weighted by atomic mass is 16.1. The Labute approximate surface area is 189 Å². The highest BCUT2D eigenvalue weighted by Crippen LogP contribution is 2.23. The van der Waals surface area contributed by atoms with Gasteiger partial charge in [-0.3, -0.25) is 9.89 Å². The summed E-state index contributed by atoms with van der Waals surface area (Å²) in [5, 5.41) is 19.8. The first-order valence-corrected chi connectivity index (χ1v) is 12.1. The molecule has 2 aliphatic rings. The van der Waals surface area contributed by atoms with Crippen molar-refractivity contribution in [3.63, 3.8) is 0 Å². The number of hydrogen-bond donors (Lipinski definition) is 2. The molecule has 1 aliphatic carbocycles. The first-order valence-electron chi connectivity index (χ1n) is 12.1. The van der Waals surface area contributed by atoms with E-state index >= 15 is 0 Å². The molecule has 1 aromatic carbocycles. The number of benzene rings is 1. The van der Waals surface area contributed by atoms with Crippen LogP contribution in [0.5, 0.6) is 0 Å². The van der Waals surface area contributed by atoms with Crippen LogP contribution in [0.25, 0.3) is 0 Å². The molecule has 0 fully saturated rings. The van der Waals surface area contributed by atoms with Crippen LogP contribution in [-0.4, -0.2) is 36.9 Å². The van der Waals surface area contributed by atoms with Crippen molar-refractivity contribution in [3.8, 4) is 0 Å². The average molecular weight is 433 g/mol. The zero-order valence-electron chi connectivity index (χ0n) is 18.6. The number of nitrogens with one attached hydrogen (secondary N) is 2. The van der Waals surface area contributed by atoms with E-state index in [0.29, 0.717) is 6.42 Å². The number of fused-ring (bicyclic) bond motifs is 2. The van der Waals surface area contributed by atoms with Gasteiger partial charge in [0.1, 0.15) is 11.6 Å². The van der Waals surface area contributed by atoms with Crippen LogP contribution < -0.4 is 5.32 Å². The molecule has 1 aliphatic heterocycles. The fourth-order valence-corrected chi connectivity index (χ4v) is 5.07. The quantitative estimate of drug-likeness (QED) is 0.600. The van der Waals surface area contributed by atoms with Crippen molar-refractivity contribution >= 4 is 5.91 Å². The lowest BCUT2D eigenvalue weighted by atomic mass is 9.94. The fourth-order valence-electron chi connectivity index (χ4n) is 5.07. The number of aryl methyl sites for hydroxylation is 5. The third-order valence-electron chi connectivity index (χ3n) is 6.90. The number of aromatic amines is 1. The summed E-state index contributed by atoms with van der Waals surface area (Å²) >= 11 is 0. The molecule has 32 heavy (non-hydrogen) atoms. The van der Waals surface area contributed by atoms with Gasteiger partial charge in [-0.05, 0) is 56.1 Å². The lowest BCUT2D eigenvalue weighted by molar-refractivity contribution is -0.121. The van der Waals surface area contributed by atoms with Gasteiger partial charge in [-0.1, -0.05) is 30.3 Å². The maximum atomic E-state index is 12.6. The Morgan fingerprint density at radius 1 is 1.03 bits per heavy atom. The van der Waals surface area contributed by atoms with Gasteiger partial charge in [0, 0.05) is 44.0 Å². The van der Waals surface area contributed by atoms with Crippen LogP contribution in [0.4, 0.5) is 0 Å². The summed E-state index contributed by atoms with van der Waals surface area (Å²) in [7, 11) is 0. The summed E-state index contributed by atoms with van der Waals surface area (Å²) in [5.74, 6) is 2.23. The van der Waals surface area contributed by atoms with Gasteiger partial charge in [-0.25, -0.2) is 0 Å². The molecular formula is C25H32N6O. The molecule has 168 valence electrons. The van der Waals surface area contributed by atoms with Gasteiger partial charge in [-0.15, -0.1) is 10.2 Å². The highest BCUT2D eigenvalue weighted by Gasteiger charge is 2.22. The fraction of sp³-hybridized carbons (Fsp3) is 0.520. The smallest absolute Gasteiger partial charge is 0.220 e. The molecule has 7 heteroatoms. The molecule has 0 spiro atoms. The minimum absolute atomic E-state index is 0.129. The zero-order valence-corrected chi connectivity index (χ0v) is 18.6. The van der Waals surface area contributed by atoms with Crippen LogP contribution in [0.1, 0.15) is 66.3 Å². The Kier molecular flexibility index (Phi) is 6.32. The summed E-state index contributed by atoms with van der Waals surface area (Å²) in [6.45, 7) is 0.865. The molecular weight excluding hydrogens is 400 g/mol. The van der Waals surface area contributed by atoms with E-state index in [-0.39, 0.29) is 11.9 Å². The number of H-pyrrole nitrogens is 1. The van der Waals surface area contributed by atoms with E-state index in [2.05, 4.69) is 54.5 Å². The number of amides is 1. The topological polar surface area (TPSA) is 88.5 Å². The average Bonchev–Trinajstić information content (AvgIpc) is 3.36. The van der Waals surface area contributed by atoms with Crippen molar-refractivity contribution in [3.05, 3.63) is 64.5 Å². The number of rotatable bonds is 7. The van der Waals surface area contributed by atoms with E-state index in [9.17, 15) is 4.79 Å². The third kappa shape index (κ3) is 4.76. The van der Waals surface area contributed by atoms with Crippen LogP contribution >= 0.6 is 0 Å². The van der Waals surface area contributed by atoms with Crippen molar-refractivity contribution in [1.29, 1.82) is 0 Å². The number of hydrogen-bond acceptors (Lipinski definition) is 4. The number of aromatic nitrogens is 5. The molecule has 3 aromatic rings. The molecule has 3 heterocycles. The van der Waals surface area contributed by atoms with Crippen molar-refractivity contribution in [1.82, 2.24) is 30.3 Å². The minimum atomic E-state index is 0.129. The second-order valence-electron chi connectivity index (χ2n) is 9.10. The molecule has 1 unspecified atom stereocenters. The molecule has 2 aromatic heterocycles. The first-order chi connectivity index (χ1) is 15.8. The molecule has 0 saturated carbocycles. The monoisotopic (exact) mass is 432 g/mol. The third-order valence-corrected chi connectivity index (χ3v) is 6.90. The van der Waals surface area contributed by atoms with Gasteiger partial charge in [0.15, 0.2) is 0 Å². The first kappa shape index (κ1) is 20.9. The maximum absolute atomic E-state index is 12.6. The van der Waals surface area contributed by atoms with Crippen molar-refractivity contribution in [2.75, 3.05) is 0 Å². The molecule has 1 amide bonds. The normalized spacial score (nSPS) is 17.9. The molecule has 0 bridgehead atoms. The van der Waals surface area contributed by atoms with Gasteiger partial charge in [-0.2, -0.15) is 5.10 Å². The standard InChI is InChI=1S/C25H32N6O/c32-25(15-12-22-20-8-4-5-9-21(20)27-28-22)26-19-11-14-24-30-29-23(31(24)17-16-19)13-10-18-6-2-1-3-7-18/h1-3,6-7,19H,4-5,8-17H2,(H,26,32)(H,27,28). The van der Waals surface area contributed by atoms with E-state index in [0.717, 1.165) is 75.3 Å². The summed E-state index contributed by atoms with van der Waals surface area (Å²) in [5.41, 5.74) is 5.05. The molecule has 0 saturated heterocycles. The van der Waals surface area contributed by atoms with E-state index in [4.69, 9.17) is 0 Å². The van der Waals surface area contributed by atoms with E-state index < -0.39 is 0 Å². The summed E-state index contributed by atoms with van der Waals surface area (Å²) < 4.78 is 2.27. The van der Waals surface area contributed by atoms with Crippen molar-refractivity contribution < 1.29 is 4.79 Å². The van der Waals surface area contributed by atoms with Gasteiger partial charge < -0.3 is 9.88 Å². The molecule has 7 nitrogen and oxygen atoms in total. The van der Waals surface area contributed by atoms with Gasteiger partial charge >= 0.3 is 0 Å². The second-order valence-corrected chi connectivity index (χ2v) is 9.10. The van der Waals surface area contributed by atoms with Crippen LogP contribution in [0.3, 0.4) is 0 Å². The summed E-state index contributed by atoms with van der Waals surface area (Å²) in [6.07, 6.45) is 10.4. The van der Waals surface area contributed by atoms with Crippen LogP contribution in [-0.2, 0) is 49.9 Å². The molecule has 1 atom stereocenters. The number of carbonyl (C=O) groups excluding carboxylic acids is 1. The molecule has 0 radical (unpaired) electrons.